The second kappa shape index (κ2) is 6.45. The molecule has 0 bridgehead atoms. The first-order valence-electron chi connectivity index (χ1n) is 7.16. The highest BCUT2D eigenvalue weighted by Gasteiger charge is 2.26. The second-order valence-corrected chi connectivity index (χ2v) is 8.37. The molecular weight excluding hydrogens is 322 g/mol. The Hall–Kier alpha value is -1.29. The molecule has 2 aromatic rings. The van der Waals surface area contributed by atoms with Crippen LogP contribution in [-0.2, 0) is 23.1 Å². The average molecular weight is 341 g/mol. The van der Waals surface area contributed by atoms with E-state index >= 15 is 0 Å². The normalized spacial score (nSPS) is 19.2. The van der Waals surface area contributed by atoms with Gasteiger partial charge in [-0.3, -0.25) is 4.90 Å². The highest BCUT2D eigenvalue weighted by molar-refractivity contribution is 7.89. The molecular formula is C13H19N5O2S2. The summed E-state index contributed by atoms with van der Waals surface area (Å²) in [6, 6.07) is 0.0486. The quantitative estimate of drug-likeness (QED) is 0.842. The summed E-state index contributed by atoms with van der Waals surface area (Å²) in [4.78, 5) is 10.8. The van der Waals surface area contributed by atoms with Gasteiger partial charge in [0.05, 0.1) is 30.4 Å². The Morgan fingerprint density at radius 1 is 1.50 bits per heavy atom. The van der Waals surface area contributed by atoms with E-state index in [1.165, 1.54) is 0 Å². The molecule has 120 valence electrons. The number of hydrogen-bond donors (Lipinski definition) is 1. The van der Waals surface area contributed by atoms with Crippen LogP contribution in [0.5, 0.6) is 0 Å². The van der Waals surface area contributed by atoms with Crippen LogP contribution in [0.3, 0.4) is 0 Å². The van der Waals surface area contributed by atoms with Crippen LogP contribution in [-0.4, -0.2) is 46.7 Å². The minimum atomic E-state index is -3.18. The van der Waals surface area contributed by atoms with Crippen molar-refractivity contribution in [3.05, 3.63) is 34.8 Å². The molecule has 3 rings (SSSR count). The summed E-state index contributed by atoms with van der Waals surface area (Å²) < 4.78 is 28.1. The highest BCUT2D eigenvalue weighted by Crippen LogP contribution is 2.22. The lowest BCUT2D eigenvalue weighted by Gasteiger charge is -2.34. The molecule has 1 atom stereocenters. The fourth-order valence-corrected chi connectivity index (χ4v) is 3.90. The SMILES string of the molecule is CCS(=O)(=O)NC[C@H]1CN(Cc2nccs2)Cc2cncn21. The molecule has 0 fully saturated rings. The Bertz CT molecular complexity index is 711. The maximum absolute atomic E-state index is 11.7. The van der Waals surface area contributed by atoms with Crippen molar-refractivity contribution in [3.63, 3.8) is 0 Å². The molecule has 22 heavy (non-hydrogen) atoms. The second-order valence-electron chi connectivity index (χ2n) is 5.29. The molecule has 1 aliphatic rings. The topological polar surface area (TPSA) is 80.1 Å². The Kier molecular flexibility index (Phi) is 4.57. The van der Waals surface area contributed by atoms with Gasteiger partial charge in [-0.25, -0.2) is 23.1 Å². The van der Waals surface area contributed by atoms with Crippen LogP contribution < -0.4 is 4.72 Å². The third kappa shape index (κ3) is 3.54. The third-order valence-electron chi connectivity index (χ3n) is 3.76. The number of nitrogens with zero attached hydrogens (tertiary/aromatic N) is 4. The lowest BCUT2D eigenvalue weighted by Crippen LogP contribution is -2.42. The minimum absolute atomic E-state index is 0.0486. The van der Waals surface area contributed by atoms with E-state index in [1.807, 2.05) is 11.6 Å². The summed E-state index contributed by atoms with van der Waals surface area (Å²) in [5.41, 5.74) is 1.10. The average Bonchev–Trinajstić information content (AvgIpc) is 3.16. The van der Waals surface area contributed by atoms with Gasteiger partial charge in [0.1, 0.15) is 5.01 Å². The molecule has 0 spiro atoms. The molecule has 0 amide bonds. The molecule has 7 nitrogen and oxygen atoms in total. The van der Waals surface area contributed by atoms with Crippen molar-refractivity contribution in [1.82, 2.24) is 24.2 Å². The first-order chi connectivity index (χ1) is 10.6. The van der Waals surface area contributed by atoms with Gasteiger partial charge < -0.3 is 4.57 Å². The molecule has 0 saturated heterocycles. The van der Waals surface area contributed by atoms with Crippen LogP contribution in [0.25, 0.3) is 0 Å². The molecule has 1 aliphatic heterocycles. The van der Waals surface area contributed by atoms with E-state index in [0.717, 1.165) is 30.3 Å². The van der Waals surface area contributed by atoms with Gasteiger partial charge in [0.15, 0.2) is 0 Å². The van der Waals surface area contributed by atoms with Gasteiger partial charge in [0.2, 0.25) is 10.0 Å². The highest BCUT2D eigenvalue weighted by atomic mass is 32.2. The monoisotopic (exact) mass is 341 g/mol. The summed E-state index contributed by atoms with van der Waals surface area (Å²) in [6.07, 6.45) is 5.43. The fourth-order valence-electron chi connectivity index (χ4n) is 2.59. The minimum Gasteiger partial charge on any atom is -0.328 e. The van der Waals surface area contributed by atoms with Gasteiger partial charge in [-0.2, -0.15) is 0 Å². The zero-order valence-electron chi connectivity index (χ0n) is 12.3. The summed E-state index contributed by atoms with van der Waals surface area (Å²) in [5, 5.41) is 3.04. The zero-order chi connectivity index (χ0) is 15.6. The van der Waals surface area contributed by atoms with Crippen LogP contribution in [0.15, 0.2) is 24.1 Å². The van der Waals surface area contributed by atoms with Crippen LogP contribution in [0.4, 0.5) is 0 Å². The number of nitrogens with one attached hydrogen (secondary N) is 1. The summed E-state index contributed by atoms with van der Waals surface area (Å²) >= 11 is 1.64. The molecule has 3 heterocycles. The lowest BCUT2D eigenvalue weighted by atomic mass is 10.2. The Morgan fingerprint density at radius 2 is 2.36 bits per heavy atom. The number of sulfonamides is 1. The molecule has 1 N–H and O–H groups in total. The van der Waals surface area contributed by atoms with E-state index in [1.54, 1.807) is 30.8 Å². The van der Waals surface area contributed by atoms with Crippen molar-refractivity contribution < 1.29 is 8.42 Å². The predicted octanol–water partition coefficient (Wildman–Crippen LogP) is 0.836. The standard InChI is InChI=1S/C13H19N5O2S2/c1-2-22(19,20)16-6-12-8-17(9-13-15-3-4-21-13)7-11-5-14-10-18(11)12/h3-5,10,12,16H,2,6-9H2,1H3/t12-/m0/s1. The predicted molar refractivity (Wildman–Crippen MR) is 85.0 cm³/mol. The first kappa shape index (κ1) is 15.6. The summed E-state index contributed by atoms with van der Waals surface area (Å²) in [7, 11) is -3.18. The van der Waals surface area contributed by atoms with Gasteiger partial charge in [0, 0.05) is 37.4 Å². The fraction of sp³-hybridized carbons (Fsp3) is 0.538. The van der Waals surface area contributed by atoms with Gasteiger partial charge in [0.25, 0.3) is 0 Å². The lowest BCUT2D eigenvalue weighted by molar-refractivity contribution is 0.177. The molecule has 0 aliphatic carbocycles. The van der Waals surface area contributed by atoms with Crippen molar-refractivity contribution in [2.24, 2.45) is 0 Å². The maximum Gasteiger partial charge on any atom is 0.211 e. The summed E-state index contributed by atoms with van der Waals surface area (Å²) in [5.74, 6) is 0.0966. The van der Waals surface area contributed by atoms with Gasteiger partial charge in [-0.15, -0.1) is 11.3 Å². The number of thiazole rings is 1. The van der Waals surface area contributed by atoms with Crippen LogP contribution in [0.2, 0.25) is 0 Å². The van der Waals surface area contributed by atoms with Gasteiger partial charge >= 0.3 is 0 Å². The molecule has 0 unspecified atom stereocenters. The number of rotatable bonds is 6. The first-order valence-corrected chi connectivity index (χ1v) is 9.69. The van der Waals surface area contributed by atoms with E-state index in [9.17, 15) is 8.42 Å². The number of aromatic nitrogens is 3. The van der Waals surface area contributed by atoms with E-state index in [4.69, 9.17) is 0 Å². The Labute approximate surface area is 134 Å². The molecule has 0 saturated carbocycles. The van der Waals surface area contributed by atoms with Crippen molar-refractivity contribution >= 4 is 21.4 Å². The Morgan fingerprint density at radius 3 is 3.09 bits per heavy atom. The largest absolute Gasteiger partial charge is 0.328 e. The third-order valence-corrected chi connectivity index (χ3v) is 5.89. The van der Waals surface area contributed by atoms with Crippen molar-refractivity contribution in [2.45, 2.75) is 26.1 Å². The van der Waals surface area contributed by atoms with Crippen LogP contribution >= 0.6 is 11.3 Å². The molecule has 0 radical (unpaired) electrons. The summed E-state index contributed by atoms with van der Waals surface area (Å²) in [6.45, 7) is 4.38. The van der Waals surface area contributed by atoms with Crippen LogP contribution in [0.1, 0.15) is 23.7 Å². The van der Waals surface area contributed by atoms with E-state index in [-0.39, 0.29) is 11.8 Å². The van der Waals surface area contributed by atoms with Crippen molar-refractivity contribution in [1.29, 1.82) is 0 Å². The number of imidazole rings is 1. The zero-order valence-corrected chi connectivity index (χ0v) is 14.0. The number of fused-ring (bicyclic) bond motifs is 1. The van der Waals surface area contributed by atoms with Crippen molar-refractivity contribution in [2.75, 3.05) is 18.8 Å². The van der Waals surface area contributed by atoms with E-state index in [0.29, 0.717) is 6.54 Å². The van der Waals surface area contributed by atoms with E-state index in [2.05, 4.69) is 24.2 Å². The Balaban J connectivity index is 1.72. The molecule has 2 aromatic heterocycles. The molecule has 9 heteroatoms. The van der Waals surface area contributed by atoms with Gasteiger partial charge in [-0.1, -0.05) is 0 Å². The number of hydrogen-bond acceptors (Lipinski definition) is 6. The van der Waals surface area contributed by atoms with Crippen LogP contribution in [0, 0.1) is 0 Å². The van der Waals surface area contributed by atoms with Gasteiger partial charge in [-0.05, 0) is 6.92 Å². The van der Waals surface area contributed by atoms with Crippen molar-refractivity contribution in [3.8, 4) is 0 Å². The maximum atomic E-state index is 11.7. The molecule has 0 aromatic carbocycles. The van der Waals surface area contributed by atoms with E-state index < -0.39 is 10.0 Å². The smallest absolute Gasteiger partial charge is 0.211 e.